The molecule has 0 saturated carbocycles. The summed E-state index contributed by atoms with van der Waals surface area (Å²) < 4.78 is 5.38. The van der Waals surface area contributed by atoms with Crippen molar-refractivity contribution in [1.29, 1.82) is 0 Å². The fourth-order valence-corrected chi connectivity index (χ4v) is 2.07. The van der Waals surface area contributed by atoms with Gasteiger partial charge >= 0.3 is 5.97 Å². The zero-order valence-electron chi connectivity index (χ0n) is 11.1. The molecule has 0 atom stereocenters. The van der Waals surface area contributed by atoms with Crippen LogP contribution in [0.1, 0.15) is 17.3 Å². The number of aromatic nitrogens is 2. The van der Waals surface area contributed by atoms with Crippen molar-refractivity contribution in [2.75, 3.05) is 0 Å². The molecule has 0 bridgehead atoms. The summed E-state index contributed by atoms with van der Waals surface area (Å²) >= 11 is 0. The molecule has 0 amide bonds. The van der Waals surface area contributed by atoms with Crippen LogP contribution in [-0.2, 0) is 11.2 Å². The number of nitrogens with zero attached hydrogens (tertiary/aromatic N) is 2. The smallest absolute Gasteiger partial charge is 0.328 e. The van der Waals surface area contributed by atoms with Gasteiger partial charge in [-0.15, -0.1) is 10.2 Å². The van der Waals surface area contributed by atoms with Crippen LogP contribution in [0.4, 0.5) is 0 Å². The third-order valence-electron chi connectivity index (χ3n) is 3.02. The molecule has 3 aromatic rings. The maximum absolute atomic E-state index is 10.4. The minimum atomic E-state index is -1.05. The van der Waals surface area contributed by atoms with Crippen molar-refractivity contribution < 1.29 is 14.3 Å². The largest absolute Gasteiger partial charge is 0.478 e. The number of carboxylic acids is 1. The third-order valence-corrected chi connectivity index (χ3v) is 3.02. The third kappa shape index (κ3) is 3.14. The van der Waals surface area contributed by atoms with Crippen molar-refractivity contribution in [3.63, 3.8) is 0 Å². The summed E-state index contributed by atoms with van der Waals surface area (Å²) in [5, 5.41) is 18.6. The zero-order chi connectivity index (χ0) is 14.7. The Morgan fingerprint density at radius 3 is 2.76 bits per heavy atom. The van der Waals surface area contributed by atoms with Crippen LogP contribution >= 0.6 is 0 Å². The molecule has 104 valence electrons. The van der Waals surface area contributed by atoms with E-state index in [1.807, 2.05) is 30.3 Å². The monoisotopic (exact) mass is 280 g/mol. The van der Waals surface area contributed by atoms with Crippen molar-refractivity contribution in [2.24, 2.45) is 0 Å². The molecule has 1 N–H and O–H groups in total. The molecule has 5 heteroatoms. The van der Waals surface area contributed by atoms with E-state index in [0.29, 0.717) is 12.3 Å². The zero-order valence-corrected chi connectivity index (χ0v) is 11.1. The Hall–Kier alpha value is -2.95. The molecule has 0 aliphatic heterocycles. The number of aliphatic carboxylic acids is 1. The Balaban J connectivity index is 1.80. The highest BCUT2D eigenvalue weighted by atomic mass is 16.4. The van der Waals surface area contributed by atoms with Gasteiger partial charge in [0.25, 0.3) is 0 Å². The van der Waals surface area contributed by atoms with Gasteiger partial charge in [0.2, 0.25) is 11.8 Å². The van der Waals surface area contributed by atoms with E-state index in [9.17, 15) is 4.79 Å². The van der Waals surface area contributed by atoms with Crippen LogP contribution < -0.4 is 0 Å². The number of rotatable bonds is 4. The second-order valence-corrected chi connectivity index (χ2v) is 4.56. The van der Waals surface area contributed by atoms with Crippen molar-refractivity contribution in [2.45, 2.75) is 6.42 Å². The number of hydrogen-bond acceptors (Lipinski definition) is 4. The normalized spacial score (nSPS) is 11.2. The fourth-order valence-electron chi connectivity index (χ4n) is 2.07. The topological polar surface area (TPSA) is 76.2 Å². The summed E-state index contributed by atoms with van der Waals surface area (Å²) in [6.45, 7) is 0. The second kappa shape index (κ2) is 5.58. The summed E-state index contributed by atoms with van der Waals surface area (Å²) in [6, 6.07) is 14.2. The van der Waals surface area contributed by atoms with E-state index in [1.54, 1.807) is 0 Å². The Morgan fingerprint density at radius 2 is 1.95 bits per heavy atom. The van der Waals surface area contributed by atoms with Crippen LogP contribution in [0.5, 0.6) is 0 Å². The van der Waals surface area contributed by atoms with E-state index in [2.05, 4.69) is 22.3 Å². The molecule has 0 aliphatic carbocycles. The van der Waals surface area contributed by atoms with E-state index >= 15 is 0 Å². The molecule has 0 fully saturated rings. The van der Waals surface area contributed by atoms with Gasteiger partial charge in [-0.1, -0.05) is 42.5 Å². The number of carboxylic acid groups (broad SMARTS) is 1. The Kier molecular flexibility index (Phi) is 3.47. The van der Waals surface area contributed by atoms with Crippen molar-refractivity contribution >= 4 is 22.8 Å². The molecule has 2 aromatic carbocycles. The van der Waals surface area contributed by atoms with Gasteiger partial charge in [0.1, 0.15) is 0 Å². The SMILES string of the molecule is O=C(O)/C=C/c1nnc(Cc2ccc3ccccc3c2)o1. The van der Waals surface area contributed by atoms with Crippen molar-refractivity contribution in [1.82, 2.24) is 10.2 Å². The number of hydrogen-bond donors (Lipinski definition) is 1. The molecule has 0 radical (unpaired) electrons. The van der Waals surface area contributed by atoms with Crippen molar-refractivity contribution in [3.05, 3.63) is 65.9 Å². The summed E-state index contributed by atoms with van der Waals surface area (Å²) in [4.78, 5) is 10.4. The predicted octanol–water partition coefficient (Wildman–Crippen LogP) is 2.91. The molecular weight excluding hydrogens is 268 g/mol. The van der Waals surface area contributed by atoms with Gasteiger partial charge in [-0.05, 0) is 16.3 Å². The lowest BCUT2D eigenvalue weighted by atomic mass is 10.1. The number of carbonyl (C=O) groups is 1. The molecule has 21 heavy (non-hydrogen) atoms. The second-order valence-electron chi connectivity index (χ2n) is 4.56. The number of fused-ring (bicyclic) bond motifs is 1. The van der Waals surface area contributed by atoms with Crippen LogP contribution in [-0.4, -0.2) is 21.3 Å². The van der Waals surface area contributed by atoms with Crippen LogP contribution in [0.3, 0.4) is 0 Å². The van der Waals surface area contributed by atoms with E-state index in [4.69, 9.17) is 9.52 Å². The van der Waals surface area contributed by atoms with Crippen molar-refractivity contribution in [3.8, 4) is 0 Å². The van der Waals surface area contributed by atoms with Gasteiger partial charge in [0.15, 0.2) is 0 Å². The molecule has 5 nitrogen and oxygen atoms in total. The first-order chi connectivity index (χ1) is 10.2. The summed E-state index contributed by atoms with van der Waals surface area (Å²) in [7, 11) is 0. The van der Waals surface area contributed by atoms with E-state index < -0.39 is 5.97 Å². The van der Waals surface area contributed by atoms with E-state index in [0.717, 1.165) is 17.0 Å². The molecule has 0 aliphatic rings. The highest BCUT2D eigenvalue weighted by Gasteiger charge is 2.06. The highest BCUT2D eigenvalue weighted by Crippen LogP contribution is 2.17. The maximum Gasteiger partial charge on any atom is 0.328 e. The van der Waals surface area contributed by atoms with E-state index in [1.165, 1.54) is 11.5 Å². The van der Waals surface area contributed by atoms with Crippen LogP contribution in [0.15, 0.2) is 53.0 Å². The molecule has 0 saturated heterocycles. The summed E-state index contributed by atoms with van der Waals surface area (Å²) in [6.07, 6.45) is 2.76. The van der Waals surface area contributed by atoms with Crippen LogP contribution in [0.25, 0.3) is 16.8 Å². The average Bonchev–Trinajstić information content (AvgIpc) is 2.92. The van der Waals surface area contributed by atoms with Crippen LogP contribution in [0, 0.1) is 0 Å². The summed E-state index contributed by atoms with van der Waals surface area (Å²) in [5.74, 6) is -0.409. The van der Waals surface area contributed by atoms with Gasteiger partial charge < -0.3 is 9.52 Å². The lowest BCUT2D eigenvalue weighted by Gasteiger charge is -2.00. The molecule has 0 spiro atoms. The first kappa shape index (κ1) is 13.1. The molecule has 3 rings (SSSR count). The highest BCUT2D eigenvalue weighted by molar-refractivity contribution is 5.84. The molecular formula is C16H12N2O3. The minimum absolute atomic E-state index is 0.188. The quantitative estimate of drug-likeness (QED) is 0.743. The van der Waals surface area contributed by atoms with Gasteiger partial charge in [0.05, 0.1) is 6.42 Å². The molecule has 1 heterocycles. The fraction of sp³-hybridized carbons (Fsp3) is 0.0625. The Bertz CT molecular complexity index is 821. The van der Waals surface area contributed by atoms with Gasteiger partial charge in [-0.25, -0.2) is 4.79 Å². The Labute approximate surface area is 120 Å². The first-order valence-corrected chi connectivity index (χ1v) is 6.42. The standard InChI is InChI=1S/C16H12N2O3/c19-16(20)8-7-14-17-18-15(21-14)10-11-5-6-12-3-1-2-4-13(12)9-11/h1-9H,10H2,(H,19,20)/b8-7+. The van der Waals surface area contributed by atoms with Crippen LogP contribution in [0.2, 0.25) is 0 Å². The maximum atomic E-state index is 10.4. The summed E-state index contributed by atoms with van der Waals surface area (Å²) in [5.41, 5.74) is 1.06. The predicted molar refractivity (Wildman–Crippen MR) is 77.7 cm³/mol. The number of benzene rings is 2. The lowest BCUT2D eigenvalue weighted by molar-refractivity contribution is -0.131. The minimum Gasteiger partial charge on any atom is -0.478 e. The van der Waals surface area contributed by atoms with Gasteiger partial charge in [-0.2, -0.15) is 0 Å². The first-order valence-electron chi connectivity index (χ1n) is 6.42. The van der Waals surface area contributed by atoms with E-state index in [-0.39, 0.29) is 5.89 Å². The molecule has 1 aromatic heterocycles. The van der Waals surface area contributed by atoms with Gasteiger partial charge in [-0.3, -0.25) is 0 Å². The molecule has 0 unspecified atom stereocenters. The average molecular weight is 280 g/mol. The Morgan fingerprint density at radius 1 is 1.14 bits per heavy atom. The lowest BCUT2D eigenvalue weighted by Crippen LogP contribution is -1.88. The van der Waals surface area contributed by atoms with Gasteiger partial charge in [0, 0.05) is 12.2 Å².